The van der Waals surface area contributed by atoms with Crippen molar-refractivity contribution in [3.05, 3.63) is 30.3 Å². The van der Waals surface area contributed by atoms with Crippen LogP contribution in [0.5, 0.6) is 0 Å². The monoisotopic (exact) mass is 264 g/mol. The van der Waals surface area contributed by atoms with Crippen LogP contribution in [-0.4, -0.2) is 14.2 Å². The van der Waals surface area contributed by atoms with Gasteiger partial charge in [0.15, 0.2) is 9.84 Å². The van der Waals surface area contributed by atoms with Gasteiger partial charge in [-0.25, -0.2) is 8.42 Å². The van der Waals surface area contributed by atoms with E-state index in [0.29, 0.717) is 4.90 Å². The smallest absolute Gasteiger partial charge is 0.189 e. The summed E-state index contributed by atoms with van der Waals surface area (Å²) in [5, 5.41) is 0. The highest BCUT2D eigenvalue weighted by Gasteiger charge is 2.10. The molecule has 0 fully saturated rings. The van der Waals surface area contributed by atoms with Crippen LogP contribution in [0, 0.1) is 11.8 Å². The van der Waals surface area contributed by atoms with Crippen molar-refractivity contribution in [3.8, 4) is 11.8 Å². The van der Waals surface area contributed by atoms with Crippen molar-refractivity contribution < 1.29 is 8.42 Å². The molecular weight excluding hydrogens is 244 g/mol. The van der Waals surface area contributed by atoms with Gasteiger partial charge in [0, 0.05) is 6.42 Å². The van der Waals surface area contributed by atoms with Crippen LogP contribution in [0.1, 0.15) is 39.0 Å². The Kier molecular flexibility index (Phi) is 6.53. The predicted octanol–water partition coefficient (Wildman–Crippen LogP) is 3.43. The maximum atomic E-state index is 11.9. The third-order valence-corrected chi connectivity index (χ3v) is 4.16. The van der Waals surface area contributed by atoms with Crippen molar-refractivity contribution in [2.75, 3.05) is 5.75 Å². The summed E-state index contributed by atoms with van der Waals surface area (Å²) in [4.78, 5) is 0.352. The maximum absolute atomic E-state index is 11.9. The molecule has 3 heteroatoms. The van der Waals surface area contributed by atoms with Gasteiger partial charge in [-0.15, -0.1) is 5.92 Å². The van der Waals surface area contributed by atoms with Crippen molar-refractivity contribution in [2.45, 2.75) is 43.9 Å². The number of rotatable bonds is 6. The average Bonchev–Trinajstić information content (AvgIpc) is 2.39. The zero-order valence-electron chi connectivity index (χ0n) is 10.9. The van der Waals surface area contributed by atoms with Gasteiger partial charge < -0.3 is 0 Å². The summed E-state index contributed by atoms with van der Waals surface area (Å²) in [7, 11) is -3.23. The minimum atomic E-state index is -3.23. The summed E-state index contributed by atoms with van der Waals surface area (Å²) in [6, 6.07) is 8.48. The lowest BCUT2D eigenvalue weighted by atomic mass is 10.2. The lowest BCUT2D eigenvalue weighted by Crippen LogP contribution is -2.04. The molecule has 0 saturated carbocycles. The fraction of sp³-hybridized carbons (Fsp3) is 0.467. The molecule has 0 atom stereocenters. The van der Waals surface area contributed by atoms with Gasteiger partial charge in [-0.3, -0.25) is 0 Å². The number of hydrogen-bond acceptors (Lipinski definition) is 2. The van der Waals surface area contributed by atoms with Gasteiger partial charge >= 0.3 is 0 Å². The Hall–Kier alpha value is -1.27. The Labute approximate surface area is 110 Å². The second-order valence-electron chi connectivity index (χ2n) is 4.24. The largest absolute Gasteiger partial charge is 0.223 e. The number of unbranched alkanes of at least 4 members (excludes halogenated alkanes) is 4. The fourth-order valence-corrected chi connectivity index (χ4v) is 2.62. The molecule has 98 valence electrons. The molecule has 1 aromatic rings. The lowest BCUT2D eigenvalue weighted by molar-refractivity contribution is 0.599. The average molecular weight is 264 g/mol. The first kappa shape index (κ1) is 14.8. The Balaban J connectivity index is 2.41. The maximum Gasteiger partial charge on any atom is 0.189 e. The van der Waals surface area contributed by atoms with Crippen molar-refractivity contribution in [2.24, 2.45) is 0 Å². The molecule has 0 aromatic heterocycles. The van der Waals surface area contributed by atoms with E-state index >= 15 is 0 Å². The highest BCUT2D eigenvalue weighted by Crippen LogP contribution is 2.09. The van der Waals surface area contributed by atoms with Crippen LogP contribution in [-0.2, 0) is 9.84 Å². The van der Waals surface area contributed by atoms with Gasteiger partial charge in [0.1, 0.15) is 5.75 Å². The number of sulfone groups is 1. The third kappa shape index (κ3) is 5.37. The van der Waals surface area contributed by atoms with Crippen LogP contribution < -0.4 is 0 Å². The fourth-order valence-electron chi connectivity index (χ4n) is 1.59. The van der Waals surface area contributed by atoms with E-state index in [1.165, 1.54) is 19.3 Å². The minimum Gasteiger partial charge on any atom is -0.223 e. The van der Waals surface area contributed by atoms with Crippen LogP contribution in [0.3, 0.4) is 0 Å². The zero-order chi connectivity index (χ0) is 13.3. The highest BCUT2D eigenvalue weighted by atomic mass is 32.2. The van der Waals surface area contributed by atoms with Crippen molar-refractivity contribution in [3.63, 3.8) is 0 Å². The molecule has 1 rings (SSSR count). The van der Waals surface area contributed by atoms with E-state index in [-0.39, 0.29) is 5.75 Å². The van der Waals surface area contributed by atoms with E-state index in [9.17, 15) is 8.42 Å². The van der Waals surface area contributed by atoms with Crippen LogP contribution >= 0.6 is 0 Å². The van der Waals surface area contributed by atoms with E-state index in [1.807, 2.05) is 0 Å². The topological polar surface area (TPSA) is 34.1 Å². The highest BCUT2D eigenvalue weighted by molar-refractivity contribution is 7.91. The normalized spacial score (nSPS) is 10.7. The first-order valence-corrected chi connectivity index (χ1v) is 8.05. The molecule has 18 heavy (non-hydrogen) atoms. The summed E-state index contributed by atoms with van der Waals surface area (Å²) in [6.45, 7) is 2.16. The Morgan fingerprint density at radius 3 is 2.39 bits per heavy atom. The Morgan fingerprint density at radius 2 is 1.72 bits per heavy atom. The molecule has 0 amide bonds. The van der Waals surface area contributed by atoms with E-state index in [2.05, 4.69) is 18.8 Å². The molecule has 0 aliphatic rings. The predicted molar refractivity (Wildman–Crippen MR) is 75.0 cm³/mol. The Morgan fingerprint density at radius 1 is 1.00 bits per heavy atom. The van der Waals surface area contributed by atoms with Gasteiger partial charge in [0.05, 0.1) is 4.90 Å². The molecule has 0 unspecified atom stereocenters. The van der Waals surface area contributed by atoms with Crippen LogP contribution in [0.25, 0.3) is 0 Å². The van der Waals surface area contributed by atoms with Crippen LogP contribution in [0.4, 0.5) is 0 Å². The SMILES string of the molecule is CCCCCCC#CCS(=O)(=O)c1ccccc1. The second kappa shape index (κ2) is 7.94. The molecule has 0 spiro atoms. The van der Waals surface area contributed by atoms with Crippen molar-refractivity contribution in [1.82, 2.24) is 0 Å². The summed E-state index contributed by atoms with van der Waals surface area (Å²) < 4.78 is 23.7. The molecule has 2 nitrogen and oxygen atoms in total. The zero-order valence-corrected chi connectivity index (χ0v) is 11.7. The Bertz CT molecular complexity index is 492. The summed E-state index contributed by atoms with van der Waals surface area (Å²) in [5.74, 6) is 5.63. The van der Waals surface area contributed by atoms with Gasteiger partial charge in [0.2, 0.25) is 0 Å². The van der Waals surface area contributed by atoms with E-state index in [4.69, 9.17) is 0 Å². The van der Waals surface area contributed by atoms with Crippen molar-refractivity contribution >= 4 is 9.84 Å². The van der Waals surface area contributed by atoms with E-state index in [0.717, 1.165) is 12.8 Å². The lowest BCUT2D eigenvalue weighted by Gasteiger charge is -1.98. The molecule has 0 aliphatic heterocycles. The molecule has 0 bridgehead atoms. The first-order chi connectivity index (χ1) is 8.67. The summed E-state index contributed by atoms with van der Waals surface area (Å²) >= 11 is 0. The van der Waals surface area contributed by atoms with Gasteiger partial charge in [0.25, 0.3) is 0 Å². The van der Waals surface area contributed by atoms with E-state index in [1.54, 1.807) is 30.3 Å². The molecule has 0 N–H and O–H groups in total. The van der Waals surface area contributed by atoms with Crippen molar-refractivity contribution in [1.29, 1.82) is 0 Å². The number of benzene rings is 1. The molecule has 0 heterocycles. The van der Waals surface area contributed by atoms with Gasteiger partial charge in [-0.2, -0.15) is 0 Å². The quantitative estimate of drug-likeness (QED) is 0.582. The van der Waals surface area contributed by atoms with Crippen LogP contribution in [0.2, 0.25) is 0 Å². The number of hydrogen-bond donors (Lipinski definition) is 0. The van der Waals surface area contributed by atoms with E-state index < -0.39 is 9.84 Å². The minimum absolute atomic E-state index is 0.0786. The first-order valence-electron chi connectivity index (χ1n) is 6.40. The molecular formula is C15H20O2S. The standard InChI is InChI=1S/C15H20O2S/c1-2-3-4-5-6-7-11-14-18(16,17)15-12-9-8-10-13-15/h8-10,12-13H,2-6,14H2,1H3. The second-order valence-corrected chi connectivity index (χ2v) is 6.23. The molecule has 0 radical (unpaired) electrons. The molecule has 0 saturated heterocycles. The van der Waals surface area contributed by atoms with Crippen LogP contribution in [0.15, 0.2) is 35.2 Å². The molecule has 0 aliphatic carbocycles. The molecule has 1 aromatic carbocycles. The summed E-state index contributed by atoms with van der Waals surface area (Å²) in [6.07, 6.45) is 5.47. The third-order valence-electron chi connectivity index (χ3n) is 2.64. The van der Waals surface area contributed by atoms with Gasteiger partial charge in [-0.1, -0.05) is 50.3 Å². The van der Waals surface area contributed by atoms with Gasteiger partial charge in [-0.05, 0) is 18.6 Å². The summed E-state index contributed by atoms with van der Waals surface area (Å²) in [5.41, 5.74) is 0.